The van der Waals surface area contributed by atoms with Crippen molar-refractivity contribution < 1.29 is 18.0 Å². The number of hydrazone groups is 1. The molecule has 0 bridgehead atoms. The molecular formula is C16H15ClF3N3O. The van der Waals surface area contributed by atoms with Crippen molar-refractivity contribution in [1.29, 1.82) is 0 Å². The lowest BCUT2D eigenvalue weighted by atomic mass is 9.85. The minimum Gasteiger partial charge on any atom is -0.272 e. The summed E-state index contributed by atoms with van der Waals surface area (Å²) in [7, 11) is 0. The highest BCUT2D eigenvalue weighted by Gasteiger charge is 2.49. The Kier molecular flexibility index (Phi) is 5.50. The Bertz CT molecular complexity index is 698. The average molecular weight is 358 g/mol. The molecule has 0 spiro atoms. The number of nitrogens with zero attached hydrogens (tertiary/aromatic N) is 3. The quantitative estimate of drug-likeness (QED) is 0.563. The van der Waals surface area contributed by atoms with Gasteiger partial charge in [0, 0.05) is 18.5 Å². The Morgan fingerprint density at radius 1 is 1.54 bits per heavy atom. The highest BCUT2D eigenvalue weighted by atomic mass is 35.5. The van der Waals surface area contributed by atoms with Crippen molar-refractivity contribution in [2.24, 2.45) is 10.5 Å². The highest BCUT2D eigenvalue weighted by Crippen LogP contribution is 2.39. The number of rotatable bonds is 5. The van der Waals surface area contributed by atoms with Gasteiger partial charge in [0.1, 0.15) is 11.2 Å². The lowest BCUT2D eigenvalue weighted by Crippen LogP contribution is -2.47. The number of hydrogen-bond donors (Lipinski definition) is 0. The van der Waals surface area contributed by atoms with E-state index in [2.05, 4.69) is 9.95 Å². The first-order valence-corrected chi connectivity index (χ1v) is 7.81. The molecule has 128 valence electrons. The van der Waals surface area contributed by atoms with Crippen LogP contribution in [0.4, 0.5) is 18.9 Å². The van der Waals surface area contributed by atoms with Gasteiger partial charge in [-0.25, -0.2) is 23.0 Å². The summed E-state index contributed by atoms with van der Waals surface area (Å²) in [5, 5.41) is 4.82. The molecular weight excluding hydrogens is 343 g/mol. The molecule has 4 nitrogen and oxygen atoms in total. The molecule has 2 rings (SSSR count). The molecule has 0 radical (unpaired) electrons. The van der Waals surface area contributed by atoms with E-state index in [0.29, 0.717) is 5.56 Å². The summed E-state index contributed by atoms with van der Waals surface area (Å²) in [6, 6.07) is 2.92. The van der Waals surface area contributed by atoms with Gasteiger partial charge in [0.2, 0.25) is 0 Å². The van der Waals surface area contributed by atoms with E-state index in [0.717, 1.165) is 11.1 Å². The predicted octanol–water partition coefficient (Wildman–Crippen LogP) is 4.54. The lowest BCUT2D eigenvalue weighted by Gasteiger charge is -2.33. The first kappa shape index (κ1) is 18.3. The van der Waals surface area contributed by atoms with E-state index < -0.39 is 35.5 Å². The second-order valence-corrected chi connectivity index (χ2v) is 5.77. The van der Waals surface area contributed by atoms with E-state index in [-0.39, 0.29) is 18.5 Å². The van der Waals surface area contributed by atoms with Gasteiger partial charge in [-0.2, -0.15) is 5.10 Å². The van der Waals surface area contributed by atoms with Gasteiger partial charge < -0.3 is 0 Å². The van der Waals surface area contributed by atoms with Crippen molar-refractivity contribution in [1.82, 2.24) is 5.01 Å². The fraction of sp³-hybridized carbons (Fsp3) is 0.438. The Morgan fingerprint density at radius 3 is 2.79 bits per heavy atom. The molecule has 0 aliphatic carbocycles. The summed E-state index contributed by atoms with van der Waals surface area (Å²) in [6.07, 6.45) is -1.44. The molecule has 1 aromatic rings. The predicted molar refractivity (Wildman–Crippen MR) is 84.8 cm³/mol. The molecule has 0 aromatic heterocycles. The Hall–Kier alpha value is -2.07. The minimum atomic E-state index is -2.95. The van der Waals surface area contributed by atoms with E-state index in [1.54, 1.807) is 0 Å². The van der Waals surface area contributed by atoms with Crippen molar-refractivity contribution in [2.75, 3.05) is 5.88 Å². The van der Waals surface area contributed by atoms with Crippen LogP contribution in [-0.2, 0) is 4.79 Å². The van der Waals surface area contributed by atoms with Crippen molar-refractivity contribution in [3.63, 3.8) is 0 Å². The Balaban J connectivity index is 2.40. The van der Waals surface area contributed by atoms with E-state index in [1.807, 2.05) is 0 Å². The SMILES string of the molecule is [C-]#[N+]c1cc(F)cc(C2CC=NN2C(=O)C(CC)(CCl)C(F)F)c1. The van der Waals surface area contributed by atoms with E-state index in [9.17, 15) is 18.0 Å². The molecule has 1 aliphatic heterocycles. The molecule has 1 aromatic carbocycles. The molecule has 2 atom stereocenters. The van der Waals surface area contributed by atoms with Crippen molar-refractivity contribution >= 4 is 29.4 Å². The van der Waals surface area contributed by atoms with Gasteiger partial charge in [-0.15, -0.1) is 11.6 Å². The number of carbonyl (C=O) groups excluding carboxylic acids is 1. The monoisotopic (exact) mass is 357 g/mol. The number of halogens is 4. The molecule has 1 aliphatic rings. The molecule has 1 heterocycles. The summed E-state index contributed by atoms with van der Waals surface area (Å²) in [6.45, 7) is 8.45. The molecule has 2 unspecified atom stereocenters. The maximum Gasteiger partial charge on any atom is 0.256 e. The van der Waals surface area contributed by atoms with Crippen LogP contribution in [0.5, 0.6) is 0 Å². The zero-order valence-electron chi connectivity index (χ0n) is 12.8. The van der Waals surface area contributed by atoms with Crippen LogP contribution in [-0.4, -0.2) is 29.4 Å². The first-order valence-electron chi connectivity index (χ1n) is 7.27. The zero-order chi connectivity index (χ0) is 17.9. The Labute approximate surface area is 142 Å². The van der Waals surface area contributed by atoms with E-state index in [1.165, 1.54) is 25.3 Å². The lowest BCUT2D eigenvalue weighted by molar-refractivity contribution is -0.152. The smallest absolute Gasteiger partial charge is 0.256 e. The molecule has 0 saturated heterocycles. The maximum absolute atomic E-state index is 13.7. The fourth-order valence-electron chi connectivity index (χ4n) is 2.58. The van der Waals surface area contributed by atoms with Gasteiger partial charge in [-0.1, -0.05) is 13.0 Å². The average Bonchev–Trinajstić information content (AvgIpc) is 3.05. The van der Waals surface area contributed by atoms with Crippen LogP contribution >= 0.6 is 11.6 Å². The second-order valence-electron chi connectivity index (χ2n) is 5.50. The third-order valence-corrected chi connectivity index (χ3v) is 4.65. The minimum absolute atomic E-state index is 0.0669. The van der Waals surface area contributed by atoms with E-state index in [4.69, 9.17) is 18.2 Å². The van der Waals surface area contributed by atoms with Crippen LogP contribution < -0.4 is 0 Å². The summed E-state index contributed by atoms with van der Waals surface area (Å²) in [5.74, 6) is -2.08. The standard InChI is InChI=1S/C16H15ClF3N3O/c1-3-16(9-17,14(19)20)15(24)23-13(4-5-22-23)10-6-11(18)8-12(7-10)21-2/h5-8,13-14H,3-4,9H2,1H3. The molecule has 0 N–H and O–H groups in total. The normalized spacial score (nSPS) is 19.4. The van der Waals surface area contributed by atoms with Crippen LogP contribution in [0.2, 0.25) is 0 Å². The summed E-state index contributed by atoms with van der Waals surface area (Å²) in [5.41, 5.74) is -1.64. The largest absolute Gasteiger partial charge is 0.272 e. The fourth-order valence-corrected chi connectivity index (χ4v) is 3.00. The third kappa shape index (κ3) is 3.11. The summed E-state index contributed by atoms with van der Waals surface area (Å²) < 4.78 is 40.6. The number of carbonyl (C=O) groups is 1. The van der Waals surface area contributed by atoms with Crippen molar-refractivity contribution in [3.05, 3.63) is 41.0 Å². The Morgan fingerprint density at radius 2 is 2.25 bits per heavy atom. The van der Waals surface area contributed by atoms with Crippen molar-refractivity contribution in [2.45, 2.75) is 32.2 Å². The summed E-state index contributed by atoms with van der Waals surface area (Å²) in [4.78, 5) is 15.9. The van der Waals surface area contributed by atoms with Crippen LogP contribution in [0.1, 0.15) is 31.4 Å². The van der Waals surface area contributed by atoms with Crippen LogP contribution in [0.25, 0.3) is 4.85 Å². The number of amides is 1. The number of hydrogen-bond acceptors (Lipinski definition) is 2. The highest BCUT2D eigenvalue weighted by molar-refractivity contribution is 6.20. The van der Waals surface area contributed by atoms with Gasteiger partial charge in [-0.3, -0.25) is 4.79 Å². The molecule has 8 heteroatoms. The molecule has 0 fully saturated rings. The summed E-state index contributed by atoms with van der Waals surface area (Å²) >= 11 is 5.68. The third-order valence-electron chi connectivity index (χ3n) is 4.17. The van der Waals surface area contributed by atoms with Crippen molar-refractivity contribution in [3.8, 4) is 0 Å². The van der Waals surface area contributed by atoms with Crippen LogP contribution in [0, 0.1) is 17.8 Å². The topological polar surface area (TPSA) is 37.0 Å². The first-order chi connectivity index (χ1) is 11.4. The molecule has 1 amide bonds. The number of alkyl halides is 3. The van der Waals surface area contributed by atoms with Crippen LogP contribution in [0.15, 0.2) is 23.3 Å². The zero-order valence-corrected chi connectivity index (χ0v) is 13.6. The van der Waals surface area contributed by atoms with Gasteiger partial charge in [0.15, 0.2) is 5.69 Å². The number of benzene rings is 1. The maximum atomic E-state index is 13.7. The van der Waals surface area contributed by atoms with Gasteiger partial charge >= 0.3 is 0 Å². The van der Waals surface area contributed by atoms with Crippen LogP contribution in [0.3, 0.4) is 0 Å². The molecule has 0 saturated carbocycles. The second kappa shape index (κ2) is 7.22. The van der Waals surface area contributed by atoms with Gasteiger partial charge in [-0.05, 0) is 24.1 Å². The van der Waals surface area contributed by atoms with Gasteiger partial charge in [0.25, 0.3) is 12.3 Å². The van der Waals surface area contributed by atoms with E-state index >= 15 is 0 Å². The van der Waals surface area contributed by atoms with Gasteiger partial charge in [0.05, 0.1) is 12.6 Å². The molecule has 24 heavy (non-hydrogen) atoms.